The molecule has 3 nitrogen and oxygen atoms in total. The maximum atomic E-state index is 12.3. The quantitative estimate of drug-likeness (QED) is 0.753. The molecule has 2 atom stereocenters. The third-order valence-corrected chi connectivity index (χ3v) is 4.16. The highest BCUT2D eigenvalue weighted by molar-refractivity contribution is 7.13. The highest BCUT2D eigenvalue weighted by Gasteiger charge is 2.30. The monoisotopic (exact) mass is 238 g/mol. The molecular formula is C12H18N2OS. The van der Waals surface area contributed by atoms with Gasteiger partial charge in [0.15, 0.2) is 0 Å². The van der Waals surface area contributed by atoms with Gasteiger partial charge in [-0.25, -0.2) is 4.98 Å². The molecule has 4 heteroatoms. The summed E-state index contributed by atoms with van der Waals surface area (Å²) in [6, 6.07) is 0.720. The molecule has 0 saturated carbocycles. The van der Waals surface area contributed by atoms with E-state index in [2.05, 4.69) is 18.8 Å². The molecule has 0 bridgehead atoms. The van der Waals surface area contributed by atoms with Crippen molar-refractivity contribution in [1.29, 1.82) is 0 Å². The van der Waals surface area contributed by atoms with Crippen LogP contribution in [-0.2, 0) is 0 Å². The largest absolute Gasteiger partial charge is 0.332 e. The molecule has 1 aliphatic heterocycles. The summed E-state index contributed by atoms with van der Waals surface area (Å²) >= 11 is 1.49. The Bertz CT molecular complexity index is 378. The molecule has 0 radical (unpaired) electrons. The van der Waals surface area contributed by atoms with Crippen LogP contribution in [0.3, 0.4) is 0 Å². The summed E-state index contributed by atoms with van der Waals surface area (Å²) in [5.41, 5.74) is 0. The minimum absolute atomic E-state index is 0.158. The first-order valence-corrected chi connectivity index (χ1v) is 6.66. The Morgan fingerprint density at radius 2 is 2.06 bits per heavy atom. The third-order valence-electron chi connectivity index (χ3n) is 3.26. The van der Waals surface area contributed by atoms with Gasteiger partial charge in [0.25, 0.3) is 5.91 Å². The van der Waals surface area contributed by atoms with Crippen LogP contribution in [0.25, 0.3) is 0 Å². The molecule has 1 fully saturated rings. The van der Waals surface area contributed by atoms with Crippen LogP contribution in [0.2, 0.25) is 0 Å². The molecule has 1 saturated heterocycles. The van der Waals surface area contributed by atoms with Gasteiger partial charge >= 0.3 is 0 Å². The second kappa shape index (κ2) is 4.53. The Morgan fingerprint density at radius 3 is 2.56 bits per heavy atom. The number of thiazole rings is 1. The van der Waals surface area contributed by atoms with Crippen LogP contribution in [-0.4, -0.2) is 27.9 Å². The molecule has 2 rings (SSSR count). The number of carbonyl (C=O) groups is 1. The van der Waals surface area contributed by atoms with E-state index in [1.165, 1.54) is 17.8 Å². The molecule has 0 aromatic carbocycles. The number of aromatic nitrogens is 1. The number of piperidine rings is 1. The Labute approximate surface area is 100 Å². The predicted molar refractivity (Wildman–Crippen MR) is 65.8 cm³/mol. The molecule has 1 aromatic heterocycles. The minimum atomic E-state index is 0.158. The SMILES string of the molecule is Cc1ncc(C(=O)N2C(C)CCCC2C)s1. The van der Waals surface area contributed by atoms with Gasteiger partial charge in [0.1, 0.15) is 4.88 Å². The van der Waals surface area contributed by atoms with E-state index in [-0.39, 0.29) is 5.91 Å². The summed E-state index contributed by atoms with van der Waals surface area (Å²) in [5.74, 6) is 0.158. The Hall–Kier alpha value is -0.900. The first-order valence-electron chi connectivity index (χ1n) is 5.84. The van der Waals surface area contributed by atoms with Crippen molar-refractivity contribution in [2.45, 2.75) is 52.1 Å². The number of amides is 1. The highest BCUT2D eigenvalue weighted by atomic mass is 32.1. The van der Waals surface area contributed by atoms with Crippen molar-refractivity contribution in [3.8, 4) is 0 Å². The molecular weight excluding hydrogens is 220 g/mol. The van der Waals surface area contributed by atoms with Crippen LogP contribution in [0.5, 0.6) is 0 Å². The third kappa shape index (κ3) is 2.12. The molecule has 1 amide bonds. The summed E-state index contributed by atoms with van der Waals surface area (Å²) in [6.07, 6.45) is 5.17. The minimum Gasteiger partial charge on any atom is -0.332 e. The second-order valence-corrected chi connectivity index (χ2v) is 5.82. The van der Waals surface area contributed by atoms with Gasteiger partial charge in [-0.1, -0.05) is 0 Å². The van der Waals surface area contributed by atoms with Gasteiger partial charge in [0.05, 0.1) is 11.2 Å². The molecule has 0 N–H and O–H groups in total. The molecule has 2 heterocycles. The van der Waals surface area contributed by atoms with E-state index in [1.807, 2.05) is 11.8 Å². The van der Waals surface area contributed by atoms with Crippen molar-refractivity contribution >= 4 is 17.2 Å². The first-order chi connectivity index (χ1) is 7.59. The molecule has 0 spiro atoms. The lowest BCUT2D eigenvalue weighted by Gasteiger charge is -2.38. The number of rotatable bonds is 1. The Kier molecular flexibility index (Phi) is 3.28. The molecule has 88 valence electrons. The zero-order valence-electron chi connectivity index (χ0n) is 10.1. The fourth-order valence-corrected chi connectivity index (χ4v) is 3.13. The zero-order chi connectivity index (χ0) is 11.7. The predicted octanol–water partition coefficient (Wildman–Crippen LogP) is 2.85. The van der Waals surface area contributed by atoms with Crippen LogP contribution >= 0.6 is 11.3 Å². The van der Waals surface area contributed by atoms with Crippen LogP contribution in [0.15, 0.2) is 6.20 Å². The van der Waals surface area contributed by atoms with Crippen LogP contribution < -0.4 is 0 Å². The first kappa shape index (κ1) is 11.6. The van der Waals surface area contributed by atoms with E-state index in [1.54, 1.807) is 6.20 Å². The average Bonchev–Trinajstić information content (AvgIpc) is 2.64. The highest BCUT2D eigenvalue weighted by Crippen LogP contribution is 2.26. The van der Waals surface area contributed by atoms with Gasteiger partial charge in [0.2, 0.25) is 0 Å². The van der Waals surface area contributed by atoms with Crippen molar-refractivity contribution in [2.24, 2.45) is 0 Å². The number of nitrogens with zero attached hydrogens (tertiary/aromatic N) is 2. The van der Waals surface area contributed by atoms with Crippen molar-refractivity contribution in [2.75, 3.05) is 0 Å². The smallest absolute Gasteiger partial charge is 0.266 e. The summed E-state index contributed by atoms with van der Waals surface area (Å²) in [7, 11) is 0. The summed E-state index contributed by atoms with van der Waals surface area (Å²) in [5, 5.41) is 0.959. The lowest BCUT2D eigenvalue weighted by molar-refractivity contribution is 0.0515. The molecule has 16 heavy (non-hydrogen) atoms. The fourth-order valence-electron chi connectivity index (χ4n) is 2.41. The van der Waals surface area contributed by atoms with Crippen LogP contribution in [0, 0.1) is 6.92 Å². The number of likely N-dealkylation sites (tertiary alicyclic amines) is 1. The second-order valence-electron chi connectivity index (χ2n) is 4.58. The van der Waals surface area contributed by atoms with Gasteiger partial charge < -0.3 is 4.90 Å². The number of aryl methyl sites for hydroxylation is 1. The van der Waals surface area contributed by atoms with E-state index >= 15 is 0 Å². The van der Waals surface area contributed by atoms with Gasteiger partial charge in [-0.15, -0.1) is 11.3 Å². The maximum Gasteiger partial charge on any atom is 0.266 e. The normalized spacial score (nSPS) is 25.8. The Morgan fingerprint density at radius 1 is 1.44 bits per heavy atom. The molecule has 1 aliphatic rings. The molecule has 1 aromatic rings. The lowest BCUT2D eigenvalue weighted by atomic mass is 9.97. The van der Waals surface area contributed by atoms with E-state index in [4.69, 9.17) is 0 Å². The Balaban J connectivity index is 2.19. The van der Waals surface area contributed by atoms with Crippen molar-refractivity contribution < 1.29 is 4.79 Å². The fraction of sp³-hybridized carbons (Fsp3) is 0.667. The van der Waals surface area contributed by atoms with Crippen molar-refractivity contribution in [1.82, 2.24) is 9.88 Å². The topological polar surface area (TPSA) is 33.2 Å². The van der Waals surface area contributed by atoms with Crippen molar-refractivity contribution in [3.63, 3.8) is 0 Å². The number of hydrogen-bond acceptors (Lipinski definition) is 3. The lowest BCUT2D eigenvalue weighted by Crippen LogP contribution is -2.47. The van der Waals surface area contributed by atoms with Gasteiger partial charge in [0, 0.05) is 12.1 Å². The summed E-state index contributed by atoms with van der Waals surface area (Å²) in [4.78, 5) is 19.3. The average molecular weight is 238 g/mol. The molecule has 2 unspecified atom stereocenters. The number of hydrogen-bond donors (Lipinski definition) is 0. The van der Waals surface area contributed by atoms with E-state index in [9.17, 15) is 4.79 Å². The van der Waals surface area contributed by atoms with Gasteiger partial charge in [-0.05, 0) is 40.0 Å². The van der Waals surface area contributed by atoms with Gasteiger partial charge in [-0.3, -0.25) is 4.79 Å². The zero-order valence-corrected chi connectivity index (χ0v) is 10.9. The summed E-state index contributed by atoms with van der Waals surface area (Å²) < 4.78 is 0. The standard InChI is InChI=1S/C12H18N2OS/c1-8-5-4-6-9(2)14(8)12(15)11-7-13-10(3)16-11/h7-9H,4-6H2,1-3H3. The van der Waals surface area contributed by atoms with E-state index in [0.29, 0.717) is 12.1 Å². The van der Waals surface area contributed by atoms with Crippen molar-refractivity contribution in [3.05, 3.63) is 16.1 Å². The van der Waals surface area contributed by atoms with Crippen LogP contribution in [0.1, 0.15) is 47.8 Å². The summed E-state index contributed by atoms with van der Waals surface area (Å²) in [6.45, 7) is 6.22. The molecule has 0 aliphatic carbocycles. The van der Waals surface area contributed by atoms with E-state index in [0.717, 1.165) is 22.7 Å². The number of carbonyl (C=O) groups excluding carboxylic acids is 1. The van der Waals surface area contributed by atoms with Gasteiger partial charge in [-0.2, -0.15) is 0 Å². The van der Waals surface area contributed by atoms with E-state index < -0.39 is 0 Å². The maximum absolute atomic E-state index is 12.3. The van der Waals surface area contributed by atoms with Crippen LogP contribution in [0.4, 0.5) is 0 Å².